The average molecular weight is 329 g/mol. The van der Waals surface area contributed by atoms with Gasteiger partial charge in [0.1, 0.15) is 11.8 Å². The van der Waals surface area contributed by atoms with Gasteiger partial charge in [0.05, 0.1) is 25.7 Å². The molecule has 0 radical (unpaired) electrons. The molecule has 0 atom stereocenters. The summed E-state index contributed by atoms with van der Waals surface area (Å²) in [7, 11) is 1.54. The summed E-state index contributed by atoms with van der Waals surface area (Å²) in [4.78, 5) is 28.2. The summed E-state index contributed by atoms with van der Waals surface area (Å²) in [5.74, 6) is 0.699. The Kier molecular flexibility index (Phi) is 5.15. The Bertz CT molecular complexity index is 674. The number of nitrogens with zero attached hydrogens (tertiary/aromatic N) is 4. The predicted molar refractivity (Wildman–Crippen MR) is 84.8 cm³/mol. The maximum absolute atomic E-state index is 12.1. The molecule has 24 heavy (non-hydrogen) atoms. The van der Waals surface area contributed by atoms with E-state index in [9.17, 15) is 4.79 Å². The second kappa shape index (κ2) is 7.67. The number of hydrogen-bond acceptors (Lipinski definition) is 7. The highest BCUT2D eigenvalue weighted by molar-refractivity contribution is 5.92. The zero-order chi connectivity index (χ0) is 16.8. The van der Waals surface area contributed by atoms with Crippen LogP contribution >= 0.6 is 0 Å². The summed E-state index contributed by atoms with van der Waals surface area (Å²) in [5.41, 5.74) is 0.336. The van der Waals surface area contributed by atoms with E-state index in [1.807, 2.05) is 0 Å². The first-order valence-corrected chi connectivity index (χ1v) is 7.84. The molecular formula is C16H19N5O3. The van der Waals surface area contributed by atoms with E-state index < -0.39 is 0 Å². The highest BCUT2D eigenvalue weighted by Gasteiger charge is 2.24. The fourth-order valence-electron chi connectivity index (χ4n) is 2.66. The summed E-state index contributed by atoms with van der Waals surface area (Å²) in [5, 5.41) is 2.99. The van der Waals surface area contributed by atoms with Gasteiger partial charge in [0.2, 0.25) is 11.8 Å². The van der Waals surface area contributed by atoms with Crippen LogP contribution in [-0.2, 0) is 0 Å². The van der Waals surface area contributed by atoms with Gasteiger partial charge in [-0.2, -0.15) is 4.98 Å². The molecule has 2 aromatic rings. The number of aromatic nitrogens is 4. The summed E-state index contributed by atoms with van der Waals surface area (Å²) in [6, 6.07) is 0.121. The van der Waals surface area contributed by atoms with Gasteiger partial charge in [0.25, 0.3) is 5.91 Å². The second-order valence-corrected chi connectivity index (χ2v) is 5.56. The van der Waals surface area contributed by atoms with Crippen LogP contribution in [0.5, 0.6) is 11.8 Å². The summed E-state index contributed by atoms with van der Waals surface area (Å²) < 4.78 is 10.9. The molecule has 0 unspecified atom stereocenters. The monoisotopic (exact) mass is 329 g/mol. The predicted octanol–water partition coefficient (Wildman–Crippen LogP) is 1.40. The number of amides is 1. The lowest BCUT2D eigenvalue weighted by molar-refractivity contribution is 0.0884. The first-order valence-electron chi connectivity index (χ1n) is 7.84. The van der Waals surface area contributed by atoms with Gasteiger partial charge in [0, 0.05) is 18.4 Å². The zero-order valence-corrected chi connectivity index (χ0v) is 13.4. The van der Waals surface area contributed by atoms with Gasteiger partial charge >= 0.3 is 0 Å². The van der Waals surface area contributed by atoms with E-state index in [-0.39, 0.29) is 18.1 Å². The first-order chi connectivity index (χ1) is 11.7. The van der Waals surface area contributed by atoms with E-state index in [4.69, 9.17) is 9.47 Å². The lowest BCUT2D eigenvalue weighted by Gasteiger charge is -2.29. The average Bonchev–Trinajstić information content (AvgIpc) is 2.64. The number of methoxy groups -OCH3 is 1. The van der Waals surface area contributed by atoms with Crippen LogP contribution in [0.4, 0.5) is 0 Å². The topological polar surface area (TPSA) is 99.1 Å². The van der Waals surface area contributed by atoms with Crippen molar-refractivity contribution in [1.82, 2.24) is 25.3 Å². The Morgan fingerprint density at radius 2 is 1.88 bits per heavy atom. The normalized spacial score (nSPS) is 20.2. The van der Waals surface area contributed by atoms with Gasteiger partial charge in [0.15, 0.2) is 0 Å². The lowest BCUT2D eigenvalue weighted by Crippen LogP contribution is -2.40. The van der Waals surface area contributed by atoms with Crippen LogP contribution in [0.3, 0.4) is 0 Å². The minimum Gasteiger partial charge on any atom is -0.480 e. The molecule has 0 aliphatic heterocycles. The van der Waals surface area contributed by atoms with Crippen LogP contribution in [0.2, 0.25) is 0 Å². The van der Waals surface area contributed by atoms with E-state index in [1.165, 1.54) is 18.6 Å². The van der Waals surface area contributed by atoms with Gasteiger partial charge < -0.3 is 14.8 Å². The van der Waals surface area contributed by atoms with Gasteiger partial charge in [-0.3, -0.25) is 14.8 Å². The lowest BCUT2D eigenvalue weighted by atomic mass is 9.93. The third-order valence-electron chi connectivity index (χ3n) is 3.89. The molecule has 1 saturated carbocycles. The van der Waals surface area contributed by atoms with Crippen LogP contribution in [0.1, 0.15) is 36.2 Å². The quantitative estimate of drug-likeness (QED) is 0.885. The minimum absolute atomic E-state index is 0.0658. The Morgan fingerprint density at radius 1 is 1.08 bits per heavy atom. The summed E-state index contributed by atoms with van der Waals surface area (Å²) >= 11 is 0. The molecule has 2 heterocycles. The summed E-state index contributed by atoms with van der Waals surface area (Å²) in [6.07, 6.45) is 11.0. The number of rotatable bonds is 5. The van der Waals surface area contributed by atoms with Crippen LogP contribution < -0.4 is 14.8 Å². The van der Waals surface area contributed by atoms with Gasteiger partial charge in [-0.05, 0) is 25.7 Å². The Balaban J connectivity index is 1.48. The number of carbonyl (C=O) groups excluding carboxylic acids is 1. The second-order valence-electron chi connectivity index (χ2n) is 5.56. The number of hydrogen-bond donors (Lipinski definition) is 1. The van der Waals surface area contributed by atoms with Crippen molar-refractivity contribution in [3.8, 4) is 11.8 Å². The van der Waals surface area contributed by atoms with Gasteiger partial charge in [-0.1, -0.05) is 0 Å². The Labute approximate surface area is 139 Å². The third kappa shape index (κ3) is 4.15. The van der Waals surface area contributed by atoms with E-state index in [2.05, 4.69) is 25.3 Å². The van der Waals surface area contributed by atoms with Crippen molar-refractivity contribution < 1.29 is 14.3 Å². The molecule has 8 nitrogen and oxygen atoms in total. The molecule has 3 rings (SSSR count). The standard InChI is InChI=1S/C16H19N5O3/c1-23-14-9-18-10-15(21-14)24-12-4-2-11(3-5-12)20-16(22)13-8-17-6-7-19-13/h6-12H,2-5H2,1H3,(H,20,22). The smallest absolute Gasteiger partial charge is 0.271 e. The fourth-order valence-corrected chi connectivity index (χ4v) is 2.66. The van der Waals surface area contributed by atoms with Crippen LogP contribution in [0.25, 0.3) is 0 Å². The molecule has 1 fully saturated rings. The van der Waals surface area contributed by atoms with Crippen molar-refractivity contribution >= 4 is 5.91 Å². The molecule has 1 amide bonds. The minimum atomic E-state index is -0.189. The van der Waals surface area contributed by atoms with Crippen LogP contribution in [-0.4, -0.2) is 45.1 Å². The van der Waals surface area contributed by atoms with Crippen LogP contribution in [0, 0.1) is 0 Å². The number of ether oxygens (including phenoxy) is 2. The molecule has 0 aromatic carbocycles. The first kappa shape index (κ1) is 16.1. The fraction of sp³-hybridized carbons (Fsp3) is 0.438. The van der Waals surface area contributed by atoms with Crippen molar-refractivity contribution in [2.24, 2.45) is 0 Å². The highest BCUT2D eigenvalue weighted by atomic mass is 16.5. The zero-order valence-electron chi connectivity index (χ0n) is 13.4. The van der Waals surface area contributed by atoms with E-state index in [1.54, 1.807) is 19.5 Å². The molecule has 0 spiro atoms. The van der Waals surface area contributed by atoms with Gasteiger partial charge in [-0.25, -0.2) is 4.98 Å². The molecule has 126 valence electrons. The van der Waals surface area contributed by atoms with E-state index in [0.717, 1.165) is 25.7 Å². The molecule has 2 aromatic heterocycles. The van der Waals surface area contributed by atoms with Crippen LogP contribution in [0.15, 0.2) is 31.0 Å². The van der Waals surface area contributed by atoms with Crippen molar-refractivity contribution in [2.45, 2.75) is 37.8 Å². The maximum atomic E-state index is 12.1. The largest absolute Gasteiger partial charge is 0.480 e. The number of nitrogens with one attached hydrogen (secondary N) is 1. The highest BCUT2D eigenvalue weighted by Crippen LogP contribution is 2.23. The molecule has 1 aliphatic carbocycles. The molecule has 0 bridgehead atoms. The SMILES string of the molecule is COc1cncc(OC2CCC(NC(=O)c3cnccn3)CC2)n1. The van der Waals surface area contributed by atoms with E-state index >= 15 is 0 Å². The van der Waals surface area contributed by atoms with E-state index in [0.29, 0.717) is 17.5 Å². The molecular weight excluding hydrogens is 310 g/mol. The molecule has 0 saturated heterocycles. The Hall–Kier alpha value is -2.77. The maximum Gasteiger partial charge on any atom is 0.271 e. The van der Waals surface area contributed by atoms with Gasteiger partial charge in [-0.15, -0.1) is 0 Å². The molecule has 8 heteroatoms. The van der Waals surface area contributed by atoms with Crippen molar-refractivity contribution in [2.75, 3.05) is 7.11 Å². The molecule has 1 aliphatic rings. The third-order valence-corrected chi connectivity index (χ3v) is 3.89. The van der Waals surface area contributed by atoms with Crippen molar-refractivity contribution in [3.63, 3.8) is 0 Å². The Morgan fingerprint density at radius 3 is 2.58 bits per heavy atom. The number of carbonyl (C=O) groups is 1. The summed E-state index contributed by atoms with van der Waals surface area (Å²) in [6.45, 7) is 0. The van der Waals surface area contributed by atoms with Crippen molar-refractivity contribution in [3.05, 3.63) is 36.7 Å². The van der Waals surface area contributed by atoms with Crippen molar-refractivity contribution in [1.29, 1.82) is 0 Å². The molecule has 1 N–H and O–H groups in total.